The van der Waals surface area contributed by atoms with E-state index in [2.05, 4.69) is 67.3 Å². The Kier molecular flexibility index (Phi) is 9.27. The van der Waals surface area contributed by atoms with Crippen LogP contribution >= 0.6 is 0 Å². The van der Waals surface area contributed by atoms with Crippen LogP contribution in [0.3, 0.4) is 0 Å². The summed E-state index contributed by atoms with van der Waals surface area (Å²) < 4.78 is 11.3. The molecule has 1 saturated carbocycles. The van der Waals surface area contributed by atoms with Gasteiger partial charge in [-0.15, -0.1) is 0 Å². The van der Waals surface area contributed by atoms with E-state index in [-0.39, 0.29) is 0 Å². The van der Waals surface area contributed by atoms with Crippen molar-refractivity contribution in [3.63, 3.8) is 0 Å². The molecular formula is C33H38N2O2. The van der Waals surface area contributed by atoms with Crippen molar-refractivity contribution < 1.29 is 9.47 Å². The van der Waals surface area contributed by atoms with Gasteiger partial charge in [0.15, 0.2) is 0 Å². The molecule has 0 radical (unpaired) electrons. The van der Waals surface area contributed by atoms with Crippen molar-refractivity contribution in [1.82, 2.24) is 0 Å². The second-order valence-corrected chi connectivity index (χ2v) is 9.77. The van der Waals surface area contributed by atoms with E-state index in [9.17, 15) is 5.26 Å². The van der Waals surface area contributed by atoms with Crippen molar-refractivity contribution in [1.29, 1.82) is 5.26 Å². The van der Waals surface area contributed by atoms with Gasteiger partial charge in [0.1, 0.15) is 18.1 Å². The summed E-state index contributed by atoms with van der Waals surface area (Å²) in [6.07, 6.45) is 8.69. The number of likely N-dealkylation sites (N-methyl/N-ethyl adjacent to an activating group) is 1. The summed E-state index contributed by atoms with van der Waals surface area (Å²) in [5.41, 5.74) is 6.31. The number of benzene rings is 3. The van der Waals surface area contributed by atoms with Crippen LogP contribution in [0.1, 0.15) is 67.2 Å². The van der Waals surface area contributed by atoms with Crippen LogP contribution in [-0.2, 0) is 0 Å². The van der Waals surface area contributed by atoms with Gasteiger partial charge in [-0.1, -0.05) is 37.5 Å². The molecule has 1 aliphatic rings. The quantitative estimate of drug-likeness (QED) is 0.211. The number of aryl methyl sites for hydroxylation is 1. The average Bonchev–Trinajstić information content (AvgIpc) is 2.95. The lowest BCUT2D eigenvalue weighted by Crippen LogP contribution is -2.28. The fourth-order valence-electron chi connectivity index (χ4n) is 5.14. The molecule has 4 heteroatoms. The van der Waals surface area contributed by atoms with Crippen LogP contribution in [0, 0.1) is 18.3 Å². The summed E-state index contributed by atoms with van der Waals surface area (Å²) in [5.74, 6) is 2.44. The zero-order valence-electron chi connectivity index (χ0n) is 22.4. The molecule has 0 aliphatic heterocycles. The second-order valence-electron chi connectivity index (χ2n) is 9.77. The SMILES string of the molecule is CCN(CCOc1ccc(C2CCCCC2)cc1)c1ccc(/C=C(\C#N)c2ccc(OC)cc2)c(C)c1. The van der Waals surface area contributed by atoms with Crippen molar-refractivity contribution in [2.45, 2.75) is 51.9 Å². The number of hydrogen-bond donors (Lipinski definition) is 0. The minimum Gasteiger partial charge on any atom is -0.497 e. The predicted molar refractivity (Wildman–Crippen MR) is 153 cm³/mol. The lowest BCUT2D eigenvalue weighted by atomic mass is 9.84. The van der Waals surface area contributed by atoms with Crippen LogP contribution in [0.5, 0.6) is 11.5 Å². The molecule has 192 valence electrons. The number of allylic oxidation sites excluding steroid dienone is 1. The topological polar surface area (TPSA) is 45.5 Å². The van der Waals surface area contributed by atoms with Crippen LogP contribution in [0.25, 0.3) is 11.6 Å². The Hall–Kier alpha value is -3.71. The van der Waals surface area contributed by atoms with Gasteiger partial charge in [-0.25, -0.2) is 0 Å². The Morgan fingerprint density at radius 3 is 2.30 bits per heavy atom. The first-order valence-electron chi connectivity index (χ1n) is 13.5. The lowest BCUT2D eigenvalue weighted by Gasteiger charge is -2.24. The molecule has 0 saturated heterocycles. The average molecular weight is 495 g/mol. The maximum absolute atomic E-state index is 9.74. The third kappa shape index (κ3) is 6.95. The second kappa shape index (κ2) is 13.0. The Bertz CT molecular complexity index is 1220. The molecule has 37 heavy (non-hydrogen) atoms. The van der Waals surface area contributed by atoms with Crippen molar-refractivity contribution in [2.75, 3.05) is 31.7 Å². The largest absolute Gasteiger partial charge is 0.497 e. The highest BCUT2D eigenvalue weighted by molar-refractivity contribution is 5.90. The molecule has 3 aromatic carbocycles. The van der Waals surface area contributed by atoms with Gasteiger partial charge >= 0.3 is 0 Å². The van der Waals surface area contributed by atoms with Gasteiger partial charge in [0.05, 0.1) is 25.3 Å². The molecule has 0 unspecified atom stereocenters. The molecule has 1 fully saturated rings. The molecule has 0 bridgehead atoms. The Balaban J connectivity index is 1.37. The van der Waals surface area contributed by atoms with Crippen molar-refractivity contribution in [3.05, 3.63) is 89.0 Å². The number of methoxy groups -OCH3 is 1. The predicted octanol–water partition coefficient (Wildman–Crippen LogP) is 8.02. The zero-order valence-corrected chi connectivity index (χ0v) is 22.4. The van der Waals surface area contributed by atoms with E-state index in [0.29, 0.717) is 12.2 Å². The molecule has 4 nitrogen and oxygen atoms in total. The Morgan fingerprint density at radius 1 is 0.973 bits per heavy atom. The molecule has 0 atom stereocenters. The smallest absolute Gasteiger partial charge is 0.119 e. The highest BCUT2D eigenvalue weighted by Gasteiger charge is 2.15. The van der Waals surface area contributed by atoms with Crippen LogP contribution in [0.15, 0.2) is 66.7 Å². The number of anilines is 1. The van der Waals surface area contributed by atoms with Gasteiger partial charge < -0.3 is 14.4 Å². The van der Waals surface area contributed by atoms with E-state index >= 15 is 0 Å². The first-order valence-corrected chi connectivity index (χ1v) is 13.5. The van der Waals surface area contributed by atoms with Crippen molar-refractivity contribution >= 4 is 17.3 Å². The first-order chi connectivity index (χ1) is 18.1. The van der Waals surface area contributed by atoms with Gasteiger partial charge in [0.2, 0.25) is 0 Å². The summed E-state index contributed by atoms with van der Waals surface area (Å²) in [4.78, 5) is 2.32. The van der Waals surface area contributed by atoms with Gasteiger partial charge in [-0.3, -0.25) is 0 Å². The van der Waals surface area contributed by atoms with E-state index in [1.807, 2.05) is 30.3 Å². The molecule has 0 amide bonds. The summed E-state index contributed by atoms with van der Waals surface area (Å²) >= 11 is 0. The van der Waals surface area contributed by atoms with Crippen molar-refractivity contribution in [3.8, 4) is 17.6 Å². The number of rotatable bonds is 10. The number of ether oxygens (including phenoxy) is 2. The Labute approximate surface area is 222 Å². The number of hydrogen-bond acceptors (Lipinski definition) is 4. The van der Waals surface area contributed by atoms with Crippen molar-refractivity contribution in [2.24, 2.45) is 0 Å². The van der Waals surface area contributed by atoms with Gasteiger partial charge in [-0.2, -0.15) is 5.26 Å². The minimum absolute atomic E-state index is 0.632. The van der Waals surface area contributed by atoms with Crippen LogP contribution in [0.2, 0.25) is 0 Å². The summed E-state index contributed by atoms with van der Waals surface area (Å²) in [7, 11) is 1.64. The number of nitriles is 1. The molecule has 4 rings (SSSR count). The van der Waals surface area contributed by atoms with E-state index in [1.54, 1.807) is 7.11 Å². The molecule has 0 heterocycles. The normalized spacial score (nSPS) is 14.2. The molecule has 3 aromatic rings. The van der Waals surface area contributed by atoms with Gasteiger partial charge in [0.25, 0.3) is 0 Å². The maximum Gasteiger partial charge on any atom is 0.119 e. The molecular weight excluding hydrogens is 456 g/mol. The van der Waals surface area contributed by atoms with E-state index in [4.69, 9.17) is 9.47 Å². The van der Waals surface area contributed by atoms with E-state index in [0.717, 1.165) is 52.9 Å². The third-order valence-electron chi connectivity index (χ3n) is 7.41. The van der Waals surface area contributed by atoms with Crippen LogP contribution in [0.4, 0.5) is 5.69 Å². The summed E-state index contributed by atoms with van der Waals surface area (Å²) in [6, 6.07) is 25.1. The highest BCUT2D eigenvalue weighted by atomic mass is 16.5. The van der Waals surface area contributed by atoms with Gasteiger partial charge in [-0.05, 0) is 109 Å². The fraction of sp³-hybridized carbons (Fsp3) is 0.364. The summed E-state index contributed by atoms with van der Waals surface area (Å²) in [6.45, 7) is 6.60. The van der Waals surface area contributed by atoms with Crippen LogP contribution < -0.4 is 14.4 Å². The van der Waals surface area contributed by atoms with Gasteiger partial charge in [0, 0.05) is 12.2 Å². The highest BCUT2D eigenvalue weighted by Crippen LogP contribution is 2.33. The summed E-state index contributed by atoms with van der Waals surface area (Å²) in [5, 5.41) is 9.74. The van der Waals surface area contributed by atoms with E-state index in [1.165, 1.54) is 37.7 Å². The molecule has 0 N–H and O–H groups in total. The number of nitrogens with zero attached hydrogens (tertiary/aromatic N) is 2. The molecule has 0 spiro atoms. The molecule has 0 aromatic heterocycles. The molecule has 1 aliphatic carbocycles. The Morgan fingerprint density at radius 2 is 1.68 bits per heavy atom. The lowest BCUT2D eigenvalue weighted by molar-refractivity contribution is 0.324. The van der Waals surface area contributed by atoms with Crippen LogP contribution in [-0.4, -0.2) is 26.8 Å². The van der Waals surface area contributed by atoms with E-state index < -0.39 is 0 Å². The zero-order chi connectivity index (χ0) is 26.0. The minimum atomic E-state index is 0.632. The third-order valence-corrected chi connectivity index (χ3v) is 7.41. The maximum atomic E-state index is 9.74. The first kappa shape index (κ1) is 26.4. The monoisotopic (exact) mass is 494 g/mol. The standard InChI is InChI=1S/C33H38N2O2/c1-4-35(20-21-37-33-18-13-27(14-19-33)26-8-6-5-7-9-26)31-15-10-29(25(2)22-31)23-30(24-34)28-11-16-32(36-3)17-12-28/h10-19,22-23,26H,4-9,20-21H2,1-3H3/b30-23+. The fourth-order valence-corrected chi connectivity index (χ4v) is 5.14.